The zero-order valence-electron chi connectivity index (χ0n) is 23.8. The van der Waals surface area contributed by atoms with Crippen molar-refractivity contribution < 1.29 is 10.2 Å². The maximum Gasteiger partial charge on any atom is 0.0594 e. The van der Waals surface area contributed by atoms with E-state index in [1.165, 1.54) is 63.4 Å². The molecular formula is C32H56O2. The lowest BCUT2D eigenvalue weighted by molar-refractivity contribution is -0.249. The van der Waals surface area contributed by atoms with Crippen molar-refractivity contribution in [1.29, 1.82) is 0 Å². The summed E-state index contributed by atoms with van der Waals surface area (Å²) >= 11 is 0. The minimum Gasteiger partial charge on any atom is -0.396 e. The average Bonchev–Trinajstić information content (AvgIpc) is 3.19. The Morgan fingerprint density at radius 3 is 2.09 bits per heavy atom. The Bertz CT molecular complexity index is 786. The molecule has 10 atom stereocenters. The van der Waals surface area contributed by atoms with E-state index in [1.807, 2.05) is 13.8 Å². The van der Waals surface area contributed by atoms with Gasteiger partial charge >= 0.3 is 0 Å². The second kappa shape index (κ2) is 8.61. The van der Waals surface area contributed by atoms with Crippen LogP contribution in [-0.4, -0.2) is 22.9 Å². The zero-order chi connectivity index (χ0) is 25.3. The van der Waals surface area contributed by atoms with Crippen LogP contribution in [0.25, 0.3) is 0 Å². The molecule has 5 fully saturated rings. The molecule has 0 heterocycles. The second-order valence-electron chi connectivity index (χ2n) is 14.6. The molecule has 2 heteroatoms. The Morgan fingerprint density at radius 2 is 1.47 bits per heavy atom. The van der Waals surface area contributed by atoms with Gasteiger partial charge in [-0.25, -0.2) is 0 Å². The topological polar surface area (TPSA) is 40.5 Å². The molecule has 0 aromatic heterocycles. The SMILES string of the molecule is C=C(C)[C@@H]1CCC2(CO)CC[C@]3(C)C(CCC4C5(C)CCC(O)C(C)(C)C5CCC43C)C12.CC. The number of hydrogen-bond acceptors (Lipinski definition) is 2. The molecule has 0 saturated heterocycles. The van der Waals surface area contributed by atoms with Crippen molar-refractivity contribution in [2.75, 3.05) is 6.61 Å². The third-order valence-corrected chi connectivity index (χ3v) is 13.5. The van der Waals surface area contributed by atoms with E-state index in [4.69, 9.17) is 0 Å². The number of rotatable bonds is 2. The minimum atomic E-state index is -0.147. The zero-order valence-corrected chi connectivity index (χ0v) is 23.8. The molecule has 5 rings (SSSR count). The molecule has 0 spiro atoms. The Kier molecular flexibility index (Phi) is 6.77. The van der Waals surface area contributed by atoms with Crippen LogP contribution in [0, 0.1) is 56.7 Å². The highest BCUT2D eigenvalue weighted by atomic mass is 16.3. The Morgan fingerprint density at radius 1 is 0.794 bits per heavy atom. The van der Waals surface area contributed by atoms with Gasteiger partial charge in [-0.2, -0.15) is 0 Å². The summed E-state index contributed by atoms with van der Waals surface area (Å²) in [6.45, 7) is 23.7. The third kappa shape index (κ3) is 3.25. The fourth-order valence-corrected chi connectivity index (χ4v) is 11.5. The molecular weight excluding hydrogens is 416 g/mol. The van der Waals surface area contributed by atoms with Gasteiger partial charge in [0.05, 0.1) is 6.10 Å². The summed E-state index contributed by atoms with van der Waals surface area (Å²) in [7, 11) is 0. The van der Waals surface area contributed by atoms with Gasteiger partial charge in [-0.15, -0.1) is 0 Å². The highest BCUT2D eigenvalue weighted by Gasteiger charge is 2.70. The number of hydrogen-bond donors (Lipinski definition) is 2. The molecule has 34 heavy (non-hydrogen) atoms. The van der Waals surface area contributed by atoms with E-state index in [1.54, 1.807) is 0 Å². The van der Waals surface area contributed by atoms with E-state index in [0.717, 1.165) is 18.3 Å². The molecule has 0 radical (unpaired) electrons. The molecule has 2 N–H and O–H groups in total. The summed E-state index contributed by atoms with van der Waals surface area (Å²) in [6, 6.07) is 0. The van der Waals surface area contributed by atoms with Crippen molar-refractivity contribution in [1.82, 2.24) is 0 Å². The van der Waals surface area contributed by atoms with Crippen LogP contribution in [0.4, 0.5) is 0 Å². The molecule has 196 valence electrons. The van der Waals surface area contributed by atoms with Crippen molar-refractivity contribution >= 4 is 0 Å². The van der Waals surface area contributed by atoms with Gasteiger partial charge in [0.1, 0.15) is 0 Å². The van der Waals surface area contributed by atoms with E-state index in [0.29, 0.717) is 40.6 Å². The molecule has 0 aromatic carbocycles. The first-order valence-corrected chi connectivity index (χ1v) is 14.8. The van der Waals surface area contributed by atoms with Crippen LogP contribution in [0.1, 0.15) is 120 Å². The van der Waals surface area contributed by atoms with Gasteiger partial charge in [0, 0.05) is 6.61 Å². The Hall–Kier alpha value is -0.340. The molecule has 8 unspecified atom stereocenters. The monoisotopic (exact) mass is 472 g/mol. The van der Waals surface area contributed by atoms with Gasteiger partial charge in [0.2, 0.25) is 0 Å². The maximum atomic E-state index is 10.9. The molecule has 0 bridgehead atoms. The van der Waals surface area contributed by atoms with E-state index < -0.39 is 0 Å². The second-order valence-corrected chi connectivity index (χ2v) is 14.6. The smallest absolute Gasteiger partial charge is 0.0594 e. The number of aliphatic hydroxyl groups excluding tert-OH is 2. The molecule has 0 amide bonds. The van der Waals surface area contributed by atoms with E-state index in [-0.39, 0.29) is 16.9 Å². The average molecular weight is 473 g/mol. The predicted molar refractivity (Wildman–Crippen MR) is 143 cm³/mol. The molecule has 5 aliphatic carbocycles. The molecule has 0 aromatic rings. The van der Waals surface area contributed by atoms with Crippen LogP contribution in [0.3, 0.4) is 0 Å². The first-order chi connectivity index (χ1) is 15.9. The van der Waals surface area contributed by atoms with Crippen molar-refractivity contribution in [3.63, 3.8) is 0 Å². The largest absolute Gasteiger partial charge is 0.396 e. The van der Waals surface area contributed by atoms with Crippen LogP contribution in [0.5, 0.6) is 0 Å². The standard InChI is InChI=1S/C30H50O2.C2H6/c1-19(2)20-10-15-30(18-31)17-16-28(6)21(25(20)30)8-9-23-27(5)13-12-24(32)26(3,4)22(27)11-14-29(23,28)7;1-2/h20-25,31-32H,1,8-18H2,2-7H3;1-2H3/t20-,21?,22?,23?,24?,25?,27?,28+,29?,30?;/m0./s1. The number of fused-ring (bicyclic) bond motifs is 7. The van der Waals surface area contributed by atoms with E-state index >= 15 is 0 Å². The van der Waals surface area contributed by atoms with E-state index in [2.05, 4.69) is 48.1 Å². The summed E-state index contributed by atoms with van der Waals surface area (Å²) in [5.41, 5.74) is 2.60. The highest BCUT2D eigenvalue weighted by molar-refractivity contribution is 5.21. The molecule has 5 aliphatic rings. The summed E-state index contributed by atoms with van der Waals surface area (Å²) in [5.74, 6) is 3.33. The first-order valence-electron chi connectivity index (χ1n) is 14.8. The Labute approximate surface area is 211 Å². The van der Waals surface area contributed by atoms with Crippen LogP contribution >= 0.6 is 0 Å². The van der Waals surface area contributed by atoms with Crippen molar-refractivity contribution in [3.8, 4) is 0 Å². The summed E-state index contributed by atoms with van der Waals surface area (Å²) in [6.07, 6.45) is 12.2. The predicted octanol–water partition coefficient (Wildman–Crippen LogP) is 8.02. The summed E-state index contributed by atoms with van der Waals surface area (Å²) < 4.78 is 0. The summed E-state index contributed by atoms with van der Waals surface area (Å²) in [5, 5.41) is 21.5. The van der Waals surface area contributed by atoms with Crippen LogP contribution < -0.4 is 0 Å². The van der Waals surface area contributed by atoms with E-state index in [9.17, 15) is 10.2 Å². The fourth-order valence-electron chi connectivity index (χ4n) is 11.5. The quantitative estimate of drug-likeness (QED) is 0.399. The fraction of sp³-hybridized carbons (Fsp3) is 0.938. The van der Waals surface area contributed by atoms with Crippen molar-refractivity contribution in [2.24, 2.45) is 56.7 Å². The van der Waals surface area contributed by atoms with Crippen molar-refractivity contribution in [3.05, 3.63) is 12.2 Å². The molecule has 5 saturated carbocycles. The Balaban J connectivity index is 0.00000133. The summed E-state index contributed by atoms with van der Waals surface area (Å²) in [4.78, 5) is 0. The van der Waals surface area contributed by atoms with Gasteiger partial charge in [-0.3, -0.25) is 0 Å². The first kappa shape index (κ1) is 26.7. The van der Waals surface area contributed by atoms with Gasteiger partial charge < -0.3 is 10.2 Å². The highest BCUT2D eigenvalue weighted by Crippen LogP contribution is 2.77. The lowest BCUT2D eigenvalue weighted by Gasteiger charge is -2.73. The lowest BCUT2D eigenvalue weighted by atomic mass is 9.32. The van der Waals surface area contributed by atoms with Crippen molar-refractivity contribution in [2.45, 2.75) is 126 Å². The molecule has 0 aliphatic heterocycles. The van der Waals surface area contributed by atoms with Crippen LogP contribution in [0.2, 0.25) is 0 Å². The van der Waals surface area contributed by atoms with Gasteiger partial charge in [-0.05, 0) is 128 Å². The van der Waals surface area contributed by atoms with Gasteiger partial charge in [0.15, 0.2) is 0 Å². The van der Waals surface area contributed by atoms with Gasteiger partial charge in [-0.1, -0.05) is 60.6 Å². The maximum absolute atomic E-state index is 10.9. The van der Waals surface area contributed by atoms with Crippen LogP contribution in [-0.2, 0) is 0 Å². The lowest BCUT2D eigenvalue weighted by Crippen LogP contribution is -2.66. The normalized spacial score (nSPS) is 53.4. The molecule has 2 nitrogen and oxygen atoms in total. The minimum absolute atomic E-state index is 0.0290. The van der Waals surface area contributed by atoms with Crippen LogP contribution in [0.15, 0.2) is 12.2 Å². The van der Waals surface area contributed by atoms with Gasteiger partial charge in [0.25, 0.3) is 0 Å². The number of aliphatic hydroxyl groups is 2. The number of allylic oxidation sites excluding steroid dienone is 1. The third-order valence-electron chi connectivity index (χ3n) is 13.5.